The molecule has 7 nitrogen and oxygen atoms in total. The van der Waals surface area contributed by atoms with Gasteiger partial charge in [0.25, 0.3) is 11.6 Å². The van der Waals surface area contributed by atoms with Crippen molar-refractivity contribution in [3.8, 4) is 0 Å². The third kappa shape index (κ3) is 5.80. The molecule has 1 unspecified atom stereocenters. The van der Waals surface area contributed by atoms with Crippen molar-refractivity contribution in [2.75, 3.05) is 19.6 Å². The number of likely N-dealkylation sites (tertiary alicyclic amines) is 1. The lowest BCUT2D eigenvalue weighted by molar-refractivity contribution is -0.144. The minimum absolute atomic E-state index is 0.0953. The van der Waals surface area contributed by atoms with Crippen LogP contribution in [0.15, 0.2) is 30.3 Å². The highest BCUT2D eigenvalue weighted by Crippen LogP contribution is 2.28. The van der Waals surface area contributed by atoms with E-state index < -0.39 is 12.0 Å². The van der Waals surface area contributed by atoms with Crippen LogP contribution in [0.4, 0.5) is 13.2 Å². The number of aromatic nitrogens is 4. The van der Waals surface area contributed by atoms with Gasteiger partial charge >= 0.3 is 6.18 Å². The van der Waals surface area contributed by atoms with E-state index >= 15 is 0 Å². The zero-order valence-electron chi connectivity index (χ0n) is 20.3. The topological polar surface area (TPSA) is 75.4 Å². The number of hydrogen-bond acceptors (Lipinski definition) is 5. The fourth-order valence-electron chi connectivity index (χ4n) is 4.70. The van der Waals surface area contributed by atoms with Crippen LogP contribution in [0.5, 0.6) is 0 Å². The Balaban J connectivity index is 1.42. The zero-order valence-corrected chi connectivity index (χ0v) is 20.3. The molecule has 1 aliphatic heterocycles. The number of hydrogen-bond donors (Lipinski definition) is 1. The minimum Gasteiger partial charge on any atom is -0.354 e. The monoisotopic (exact) mass is 488 g/mol. The molecule has 10 heteroatoms. The second-order valence-corrected chi connectivity index (χ2v) is 9.36. The molecule has 2 aromatic heterocycles. The van der Waals surface area contributed by atoms with Gasteiger partial charge in [0.05, 0.1) is 6.04 Å². The number of aryl methyl sites for hydroxylation is 2. The van der Waals surface area contributed by atoms with Crippen molar-refractivity contribution in [3.63, 3.8) is 0 Å². The summed E-state index contributed by atoms with van der Waals surface area (Å²) in [5.74, 6) is -0.708. The van der Waals surface area contributed by atoms with Crippen LogP contribution in [0.25, 0.3) is 5.78 Å². The van der Waals surface area contributed by atoms with Crippen LogP contribution in [0.2, 0.25) is 0 Å². The average molecular weight is 489 g/mol. The van der Waals surface area contributed by atoms with Crippen molar-refractivity contribution >= 4 is 11.7 Å². The lowest BCUT2D eigenvalue weighted by Gasteiger charge is -2.37. The molecular formula is C25H31F3N6O. The van der Waals surface area contributed by atoms with E-state index in [1.54, 1.807) is 13.8 Å². The van der Waals surface area contributed by atoms with Crippen LogP contribution in [-0.4, -0.2) is 50.0 Å². The Morgan fingerprint density at radius 2 is 1.83 bits per heavy atom. The van der Waals surface area contributed by atoms with Crippen LogP contribution >= 0.6 is 0 Å². The Morgan fingerprint density at radius 1 is 1.14 bits per heavy atom. The molecule has 0 radical (unpaired) electrons. The van der Waals surface area contributed by atoms with Gasteiger partial charge in [-0.25, -0.2) is 9.50 Å². The van der Waals surface area contributed by atoms with Gasteiger partial charge in [-0.15, -0.1) is 5.10 Å². The van der Waals surface area contributed by atoms with Gasteiger partial charge in [-0.05, 0) is 63.2 Å². The SMILES string of the molecule is Cc1nc2nc(C(F)(F)F)nn2c(C)c1CCC(=O)NCC(c1ccccc1)N1CCC(C)CC1. The minimum atomic E-state index is -4.64. The molecule has 188 valence electrons. The normalized spacial score (nSPS) is 16.5. The Morgan fingerprint density at radius 3 is 2.49 bits per heavy atom. The first-order valence-corrected chi connectivity index (χ1v) is 12.0. The number of alkyl halides is 3. The molecule has 35 heavy (non-hydrogen) atoms. The molecule has 1 saturated heterocycles. The first kappa shape index (κ1) is 25.1. The Kier molecular flexibility index (Phi) is 7.39. The van der Waals surface area contributed by atoms with Crippen LogP contribution in [0.1, 0.15) is 60.6 Å². The lowest BCUT2D eigenvalue weighted by atomic mass is 9.95. The maximum absolute atomic E-state index is 13.0. The smallest absolute Gasteiger partial charge is 0.354 e. The standard InChI is InChI=1S/C25H31F3N6O/c1-16-11-13-33(14-12-16)21(19-7-5-4-6-8-19)15-29-22(35)10-9-20-17(2)30-24-31-23(25(26,27)28)32-34(24)18(20)3/h4-8,16,21H,9-15H2,1-3H3,(H,29,35). The summed E-state index contributed by atoms with van der Waals surface area (Å²) >= 11 is 0. The number of halogens is 3. The van der Waals surface area contributed by atoms with E-state index in [2.05, 4.69) is 44.3 Å². The van der Waals surface area contributed by atoms with Crippen molar-refractivity contribution in [1.29, 1.82) is 0 Å². The highest BCUT2D eigenvalue weighted by molar-refractivity contribution is 5.76. The molecule has 1 aromatic carbocycles. The summed E-state index contributed by atoms with van der Waals surface area (Å²) in [4.78, 5) is 22.9. The molecule has 4 rings (SSSR count). The first-order valence-electron chi connectivity index (χ1n) is 12.0. The molecule has 0 spiro atoms. The van der Waals surface area contributed by atoms with E-state index in [0.29, 0.717) is 35.8 Å². The molecule has 0 bridgehead atoms. The van der Waals surface area contributed by atoms with Crippen LogP contribution in [0, 0.1) is 19.8 Å². The summed E-state index contributed by atoms with van der Waals surface area (Å²) < 4.78 is 40.2. The highest BCUT2D eigenvalue weighted by atomic mass is 19.4. The second kappa shape index (κ2) is 10.3. The molecule has 3 aromatic rings. The quantitative estimate of drug-likeness (QED) is 0.537. The molecule has 3 heterocycles. The molecule has 0 aliphatic carbocycles. The number of benzene rings is 1. The van der Waals surface area contributed by atoms with Gasteiger partial charge in [0, 0.05) is 24.4 Å². The number of carbonyl (C=O) groups is 1. The van der Waals surface area contributed by atoms with Gasteiger partial charge < -0.3 is 5.32 Å². The second-order valence-electron chi connectivity index (χ2n) is 9.36. The van der Waals surface area contributed by atoms with Crippen LogP contribution in [-0.2, 0) is 17.4 Å². The van der Waals surface area contributed by atoms with Crippen molar-refractivity contribution in [2.45, 2.75) is 58.7 Å². The Hall–Kier alpha value is -3.01. The highest BCUT2D eigenvalue weighted by Gasteiger charge is 2.37. The van der Waals surface area contributed by atoms with E-state index in [9.17, 15) is 18.0 Å². The van der Waals surface area contributed by atoms with E-state index in [1.165, 1.54) is 5.56 Å². The predicted molar refractivity (Wildman–Crippen MR) is 126 cm³/mol. The number of piperidine rings is 1. The van der Waals surface area contributed by atoms with E-state index in [0.717, 1.165) is 30.4 Å². The summed E-state index contributed by atoms with van der Waals surface area (Å²) in [5, 5.41) is 6.65. The molecule has 1 aliphatic rings. The van der Waals surface area contributed by atoms with E-state index in [-0.39, 0.29) is 24.1 Å². The fraction of sp³-hybridized carbons (Fsp3) is 0.520. The molecule has 1 amide bonds. The van der Waals surface area contributed by atoms with Gasteiger partial charge in [-0.1, -0.05) is 37.3 Å². The number of fused-ring (bicyclic) bond motifs is 1. The van der Waals surface area contributed by atoms with Gasteiger partial charge in [-0.2, -0.15) is 18.2 Å². The van der Waals surface area contributed by atoms with Gasteiger partial charge in [-0.3, -0.25) is 9.69 Å². The molecule has 1 N–H and O–H groups in total. The van der Waals surface area contributed by atoms with Crippen LogP contribution < -0.4 is 5.32 Å². The summed E-state index contributed by atoms with van der Waals surface area (Å²) in [7, 11) is 0. The maximum atomic E-state index is 13.0. The Labute approximate surface area is 202 Å². The third-order valence-electron chi connectivity index (χ3n) is 6.84. The van der Waals surface area contributed by atoms with Gasteiger partial charge in [0.15, 0.2) is 0 Å². The largest absolute Gasteiger partial charge is 0.453 e. The summed E-state index contributed by atoms with van der Waals surface area (Å²) in [6.45, 7) is 8.16. The molecule has 0 saturated carbocycles. The Bertz CT molecular complexity index is 1170. The van der Waals surface area contributed by atoms with Gasteiger partial charge in [0.2, 0.25) is 5.91 Å². The number of amides is 1. The van der Waals surface area contributed by atoms with Crippen molar-refractivity contribution in [3.05, 3.63) is 58.7 Å². The molecule has 1 fully saturated rings. The average Bonchev–Trinajstić information content (AvgIpc) is 3.26. The predicted octanol–water partition coefficient (Wildman–Crippen LogP) is 4.28. The van der Waals surface area contributed by atoms with E-state index in [4.69, 9.17) is 0 Å². The number of nitrogens with zero attached hydrogens (tertiary/aromatic N) is 5. The number of carbonyl (C=O) groups excluding carboxylic acids is 1. The van der Waals surface area contributed by atoms with Crippen LogP contribution in [0.3, 0.4) is 0 Å². The van der Waals surface area contributed by atoms with Crippen molar-refractivity contribution < 1.29 is 18.0 Å². The maximum Gasteiger partial charge on any atom is 0.453 e. The molecular weight excluding hydrogens is 457 g/mol. The van der Waals surface area contributed by atoms with Crippen molar-refractivity contribution in [1.82, 2.24) is 29.8 Å². The van der Waals surface area contributed by atoms with Gasteiger partial charge in [0.1, 0.15) is 0 Å². The summed E-state index contributed by atoms with van der Waals surface area (Å²) in [5.41, 5.74) is 2.94. The summed E-state index contributed by atoms with van der Waals surface area (Å²) in [6, 6.07) is 10.3. The van der Waals surface area contributed by atoms with Crippen molar-refractivity contribution in [2.24, 2.45) is 5.92 Å². The zero-order chi connectivity index (χ0) is 25.2. The number of rotatable bonds is 7. The lowest BCUT2D eigenvalue weighted by Crippen LogP contribution is -2.42. The third-order valence-corrected chi connectivity index (χ3v) is 6.84. The number of nitrogens with one attached hydrogen (secondary N) is 1. The van der Waals surface area contributed by atoms with E-state index in [1.807, 2.05) is 18.2 Å². The fourth-order valence-corrected chi connectivity index (χ4v) is 4.70. The first-order chi connectivity index (χ1) is 16.6. The summed E-state index contributed by atoms with van der Waals surface area (Å²) in [6.07, 6.45) is -1.80. The molecule has 1 atom stereocenters.